The van der Waals surface area contributed by atoms with E-state index in [1.807, 2.05) is 33.1 Å². The lowest BCUT2D eigenvalue weighted by Gasteiger charge is -2.23. The summed E-state index contributed by atoms with van der Waals surface area (Å²) >= 11 is 6.26. The lowest BCUT2D eigenvalue weighted by molar-refractivity contribution is -0.159. The van der Waals surface area contributed by atoms with Crippen LogP contribution in [0.15, 0.2) is 24.3 Å². The predicted molar refractivity (Wildman–Crippen MR) is 135 cm³/mol. The highest BCUT2D eigenvalue weighted by molar-refractivity contribution is 7.98. The van der Waals surface area contributed by atoms with E-state index in [0.29, 0.717) is 30.6 Å². The molecule has 0 aliphatic carbocycles. The van der Waals surface area contributed by atoms with Gasteiger partial charge >= 0.3 is 11.9 Å². The van der Waals surface area contributed by atoms with Crippen molar-refractivity contribution in [3.63, 3.8) is 0 Å². The van der Waals surface area contributed by atoms with Gasteiger partial charge < -0.3 is 25.4 Å². The summed E-state index contributed by atoms with van der Waals surface area (Å²) in [6.45, 7) is 6.10. The number of esters is 2. The number of thioether (sulfide) groups is 1. The zero-order chi connectivity index (χ0) is 24.6. The topological polar surface area (TPSA) is 106 Å². The van der Waals surface area contributed by atoms with Crippen molar-refractivity contribution in [2.24, 2.45) is 5.92 Å². The highest BCUT2D eigenvalue weighted by Crippen LogP contribution is 2.24. The number of benzene rings is 1. The van der Waals surface area contributed by atoms with Crippen molar-refractivity contribution in [2.75, 3.05) is 31.0 Å². The van der Waals surface area contributed by atoms with Crippen LogP contribution in [-0.2, 0) is 19.1 Å². The van der Waals surface area contributed by atoms with E-state index in [1.165, 1.54) is 7.11 Å². The van der Waals surface area contributed by atoms with Crippen LogP contribution in [0.3, 0.4) is 0 Å². The van der Waals surface area contributed by atoms with Gasteiger partial charge in [0, 0.05) is 23.8 Å². The zero-order valence-electron chi connectivity index (χ0n) is 19.8. The van der Waals surface area contributed by atoms with Gasteiger partial charge in [0.05, 0.1) is 18.4 Å². The smallest absolute Gasteiger partial charge is 0.328 e. The number of hydrogen-bond donors (Lipinski definition) is 4. The van der Waals surface area contributed by atoms with E-state index in [4.69, 9.17) is 9.47 Å². The molecule has 0 spiro atoms. The van der Waals surface area contributed by atoms with Crippen LogP contribution in [0.5, 0.6) is 0 Å². The van der Waals surface area contributed by atoms with Gasteiger partial charge in [-0.1, -0.05) is 6.07 Å². The fourth-order valence-corrected chi connectivity index (χ4v) is 4.31. The molecule has 4 atom stereocenters. The Kier molecular flexibility index (Phi) is 10.4. The summed E-state index contributed by atoms with van der Waals surface area (Å²) < 4.78 is 10.3. The molecule has 1 fully saturated rings. The molecule has 1 saturated heterocycles. The van der Waals surface area contributed by atoms with Crippen molar-refractivity contribution in [3.8, 4) is 0 Å². The zero-order valence-corrected chi connectivity index (χ0v) is 21.6. The molecule has 8 nitrogen and oxygen atoms in total. The quantitative estimate of drug-likeness (QED) is 0.222. The van der Waals surface area contributed by atoms with Crippen LogP contribution in [0.4, 0.5) is 5.69 Å². The Morgan fingerprint density at radius 1 is 1.30 bits per heavy atom. The molecule has 1 aromatic rings. The number of amides is 1. The molecule has 0 radical (unpaired) electrons. The number of rotatable bonds is 10. The molecule has 1 aromatic carbocycles. The Morgan fingerprint density at radius 2 is 2.03 bits per heavy atom. The molecule has 1 aliphatic heterocycles. The lowest BCUT2D eigenvalue weighted by Crippen LogP contribution is -2.42. The van der Waals surface area contributed by atoms with Crippen molar-refractivity contribution in [1.29, 1.82) is 0 Å². The molecule has 10 heteroatoms. The van der Waals surface area contributed by atoms with E-state index in [9.17, 15) is 14.4 Å². The number of carbonyl (C=O) groups excluding carboxylic acids is 3. The Labute approximate surface area is 205 Å². The van der Waals surface area contributed by atoms with Gasteiger partial charge in [-0.25, -0.2) is 4.79 Å². The molecule has 184 valence electrons. The number of thiol groups is 1. The first kappa shape index (κ1) is 27.3. The standard InChI is InChI=1S/C23H35N3O5S2/c1-23(2,3)31-21(28)15-12-18(24-13-15)20(32)25-16-8-6-7-14(11-16)19(27)26-17(9-10-33-5)22(29)30-4/h6-8,11,15,17-18,20,24-25,32H,9-10,12-13H2,1-5H3,(H,26,27)/t15-,17-,18-,20?/m0/s1. The van der Waals surface area contributed by atoms with E-state index in [-0.39, 0.29) is 29.2 Å². The third-order valence-electron chi connectivity index (χ3n) is 5.13. The third kappa shape index (κ3) is 8.75. The van der Waals surface area contributed by atoms with Gasteiger partial charge in [0.1, 0.15) is 11.6 Å². The second-order valence-electron chi connectivity index (χ2n) is 8.98. The molecule has 2 rings (SSSR count). The van der Waals surface area contributed by atoms with E-state index in [2.05, 4.69) is 28.6 Å². The van der Waals surface area contributed by atoms with Crippen molar-refractivity contribution in [1.82, 2.24) is 10.6 Å². The van der Waals surface area contributed by atoms with Gasteiger partial charge in [-0.2, -0.15) is 24.4 Å². The number of carbonyl (C=O) groups is 3. The number of nitrogens with one attached hydrogen (secondary N) is 3. The third-order valence-corrected chi connectivity index (χ3v) is 6.26. The van der Waals surface area contributed by atoms with Crippen LogP contribution in [0.2, 0.25) is 0 Å². The molecule has 1 aliphatic rings. The maximum Gasteiger partial charge on any atom is 0.328 e. The first-order chi connectivity index (χ1) is 15.5. The first-order valence-corrected chi connectivity index (χ1v) is 12.8. The highest BCUT2D eigenvalue weighted by atomic mass is 32.2. The van der Waals surface area contributed by atoms with Crippen molar-refractivity contribution < 1.29 is 23.9 Å². The maximum absolute atomic E-state index is 12.7. The van der Waals surface area contributed by atoms with Gasteiger partial charge in [-0.05, 0) is 63.8 Å². The van der Waals surface area contributed by atoms with Crippen molar-refractivity contribution in [3.05, 3.63) is 29.8 Å². The van der Waals surface area contributed by atoms with Crippen LogP contribution in [0.1, 0.15) is 44.0 Å². The van der Waals surface area contributed by atoms with Crippen LogP contribution in [0, 0.1) is 5.92 Å². The van der Waals surface area contributed by atoms with E-state index >= 15 is 0 Å². The normalized spacial score (nSPS) is 19.9. The molecule has 0 saturated carbocycles. The summed E-state index contributed by atoms with van der Waals surface area (Å²) in [4.78, 5) is 37.1. The summed E-state index contributed by atoms with van der Waals surface area (Å²) in [6.07, 6.45) is 3.03. The van der Waals surface area contributed by atoms with Gasteiger partial charge in [0.15, 0.2) is 0 Å². The number of ether oxygens (including phenoxy) is 2. The summed E-state index contributed by atoms with van der Waals surface area (Å²) in [5, 5.41) is 9.08. The van der Waals surface area contributed by atoms with E-state index in [0.717, 1.165) is 5.75 Å². The van der Waals surface area contributed by atoms with Gasteiger partial charge in [-0.3, -0.25) is 9.59 Å². The molecular formula is C23H35N3O5S2. The van der Waals surface area contributed by atoms with Crippen molar-refractivity contribution >= 4 is 47.9 Å². The SMILES string of the molecule is COC(=O)[C@H](CCSC)NC(=O)c1cccc(NC(S)[C@@H]2C[C@H](C(=O)OC(C)(C)C)CN2)c1. The Morgan fingerprint density at radius 3 is 2.67 bits per heavy atom. The minimum absolute atomic E-state index is 0.0430. The average molecular weight is 498 g/mol. The van der Waals surface area contributed by atoms with E-state index < -0.39 is 17.6 Å². The van der Waals surface area contributed by atoms with Gasteiger partial charge in [0.25, 0.3) is 5.91 Å². The molecular weight excluding hydrogens is 462 g/mol. The second kappa shape index (κ2) is 12.5. The largest absolute Gasteiger partial charge is 0.467 e. The Bertz CT molecular complexity index is 831. The molecule has 1 heterocycles. The van der Waals surface area contributed by atoms with Crippen molar-refractivity contribution in [2.45, 2.75) is 56.7 Å². The predicted octanol–water partition coefficient (Wildman–Crippen LogP) is 2.70. The number of anilines is 1. The number of hydrogen-bond acceptors (Lipinski definition) is 9. The highest BCUT2D eigenvalue weighted by Gasteiger charge is 2.35. The molecule has 3 N–H and O–H groups in total. The fraction of sp³-hybridized carbons (Fsp3) is 0.609. The van der Waals surface area contributed by atoms with Crippen LogP contribution in [-0.4, -0.2) is 66.6 Å². The summed E-state index contributed by atoms with van der Waals surface area (Å²) in [6, 6.07) is 6.25. The van der Waals surface area contributed by atoms with Gasteiger partial charge in [0.2, 0.25) is 0 Å². The lowest BCUT2D eigenvalue weighted by atomic mass is 10.0. The van der Waals surface area contributed by atoms with Crippen LogP contribution >= 0.6 is 24.4 Å². The number of methoxy groups -OCH3 is 1. The molecule has 0 bridgehead atoms. The molecule has 33 heavy (non-hydrogen) atoms. The minimum atomic E-state index is -0.698. The van der Waals surface area contributed by atoms with Gasteiger partial charge in [-0.15, -0.1) is 0 Å². The monoisotopic (exact) mass is 497 g/mol. The summed E-state index contributed by atoms with van der Waals surface area (Å²) in [5.74, 6) is -0.525. The second-order valence-corrected chi connectivity index (χ2v) is 10.5. The minimum Gasteiger partial charge on any atom is -0.467 e. The molecule has 1 amide bonds. The molecule has 1 unspecified atom stereocenters. The van der Waals surface area contributed by atoms with Crippen LogP contribution < -0.4 is 16.0 Å². The van der Waals surface area contributed by atoms with E-state index in [1.54, 1.807) is 30.0 Å². The first-order valence-electron chi connectivity index (χ1n) is 10.9. The Balaban J connectivity index is 1.96. The molecule has 0 aromatic heterocycles. The Hall–Kier alpha value is -1.91. The summed E-state index contributed by atoms with van der Waals surface area (Å²) in [7, 11) is 1.31. The van der Waals surface area contributed by atoms with Crippen LogP contribution in [0.25, 0.3) is 0 Å². The maximum atomic E-state index is 12.7. The fourth-order valence-electron chi connectivity index (χ4n) is 3.46. The summed E-state index contributed by atoms with van der Waals surface area (Å²) in [5.41, 5.74) is 0.616. The average Bonchev–Trinajstić information content (AvgIpc) is 3.25.